The Bertz CT molecular complexity index is 865. The summed E-state index contributed by atoms with van der Waals surface area (Å²) in [5, 5.41) is 0. The lowest BCUT2D eigenvalue weighted by Crippen LogP contribution is -2.50. The maximum Gasteiger partial charge on any atom is 0.330 e. The first-order valence-corrected chi connectivity index (χ1v) is 10.5. The number of nitrogens with zero attached hydrogens (tertiary/aromatic N) is 1. The number of carbonyl (C=O) groups excluding carboxylic acids is 4. The molecule has 2 amide bonds. The molecule has 1 heterocycles. The van der Waals surface area contributed by atoms with Crippen LogP contribution in [0.3, 0.4) is 0 Å². The fourth-order valence-corrected chi connectivity index (χ4v) is 5.48. The quantitative estimate of drug-likeness (QED) is 0.388. The number of carbonyl (C=O) groups is 4. The van der Waals surface area contributed by atoms with Crippen molar-refractivity contribution in [1.29, 1.82) is 0 Å². The highest BCUT2D eigenvalue weighted by Crippen LogP contribution is 2.56. The zero-order valence-corrected chi connectivity index (χ0v) is 17.5. The van der Waals surface area contributed by atoms with Crippen LogP contribution in [0, 0.1) is 29.6 Å². The van der Waals surface area contributed by atoms with Crippen molar-refractivity contribution in [1.82, 2.24) is 4.90 Å². The third-order valence-corrected chi connectivity index (χ3v) is 6.85. The first-order chi connectivity index (χ1) is 14.3. The van der Waals surface area contributed by atoms with Gasteiger partial charge >= 0.3 is 5.97 Å². The van der Waals surface area contributed by atoms with E-state index < -0.39 is 18.6 Å². The number of benzene rings is 1. The van der Waals surface area contributed by atoms with E-state index in [1.807, 2.05) is 0 Å². The summed E-state index contributed by atoms with van der Waals surface area (Å²) in [6, 6.07) is 5.57. The molecule has 3 fully saturated rings. The zero-order valence-electron chi connectivity index (χ0n) is 17.5. The fourth-order valence-electron chi connectivity index (χ4n) is 5.48. The molecule has 7 nitrogen and oxygen atoms in total. The van der Waals surface area contributed by atoms with Gasteiger partial charge in [-0.1, -0.05) is 26.0 Å². The molecule has 2 aliphatic carbocycles. The minimum Gasteiger partial charge on any atom is -0.497 e. The van der Waals surface area contributed by atoms with Crippen molar-refractivity contribution < 1.29 is 28.7 Å². The summed E-state index contributed by atoms with van der Waals surface area (Å²) in [4.78, 5) is 52.6. The van der Waals surface area contributed by atoms with Crippen LogP contribution in [0.4, 0.5) is 0 Å². The van der Waals surface area contributed by atoms with Crippen LogP contribution in [0.2, 0.25) is 0 Å². The highest BCUT2D eigenvalue weighted by Gasteiger charge is 2.62. The van der Waals surface area contributed by atoms with Gasteiger partial charge in [0.1, 0.15) is 11.8 Å². The topological polar surface area (TPSA) is 90.0 Å². The molecule has 1 aromatic rings. The summed E-state index contributed by atoms with van der Waals surface area (Å²) in [5.41, 5.74) is 0.364. The number of ketones is 1. The summed E-state index contributed by atoms with van der Waals surface area (Å²) < 4.78 is 10.4. The summed E-state index contributed by atoms with van der Waals surface area (Å²) >= 11 is 0. The molecule has 2 bridgehead atoms. The lowest BCUT2D eigenvalue weighted by molar-refractivity contribution is -0.160. The smallest absolute Gasteiger partial charge is 0.330 e. The second-order valence-corrected chi connectivity index (χ2v) is 8.88. The van der Waals surface area contributed by atoms with E-state index in [0.29, 0.717) is 11.3 Å². The minimum absolute atomic E-state index is 0.244. The van der Waals surface area contributed by atoms with Crippen molar-refractivity contribution in [2.45, 2.75) is 39.2 Å². The molecule has 1 saturated heterocycles. The number of methoxy groups -OCH3 is 1. The number of imide groups is 1. The van der Waals surface area contributed by atoms with Crippen molar-refractivity contribution in [3.8, 4) is 5.75 Å². The Morgan fingerprint density at radius 1 is 1.10 bits per heavy atom. The highest BCUT2D eigenvalue weighted by molar-refractivity contribution is 6.09. The second-order valence-electron chi connectivity index (χ2n) is 8.88. The second kappa shape index (κ2) is 7.85. The van der Waals surface area contributed by atoms with Crippen LogP contribution in [0.5, 0.6) is 5.75 Å². The molecule has 160 valence electrons. The Hall–Kier alpha value is -2.70. The van der Waals surface area contributed by atoms with Crippen molar-refractivity contribution >= 4 is 23.6 Å². The summed E-state index contributed by atoms with van der Waals surface area (Å²) in [6.45, 7) is 3.10. The Morgan fingerprint density at radius 3 is 2.30 bits per heavy atom. The molecule has 4 rings (SSSR count). The lowest BCUT2D eigenvalue weighted by Gasteiger charge is -2.28. The van der Waals surface area contributed by atoms with Gasteiger partial charge in [0.05, 0.1) is 18.9 Å². The minimum atomic E-state index is -1.01. The van der Waals surface area contributed by atoms with E-state index in [0.717, 1.165) is 24.2 Å². The normalized spacial score (nSPS) is 28.1. The SMILES string of the molecule is COc1cccc(C(=O)COC(=O)[C@@H](C(C)C)N2C(=O)[C@@H]3[C@H]4CC[C@@H](C4)[C@@H]3C2=O)c1. The number of esters is 1. The van der Waals surface area contributed by atoms with Gasteiger partial charge in [0, 0.05) is 5.56 Å². The van der Waals surface area contributed by atoms with Gasteiger partial charge < -0.3 is 9.47 Å². The number of amides is 2. The van der Waals surface area contributed by atoms with E-state index in [-0.39, 0.29) is 47.2 Å². The van der Waals surface area contributed by atoms with E-state index in [1.54, 1.807) is 38.1 Å². The molecule has 5 atom stereocenters. The molecule has 0 radical (unpaired) electrons. The van der Waals surface area contributed by atoms with Crippen LogP contribution >= 0.6 is 0 Å². The Balaban J connectivity index is 1.47. The lowest BCUT2D eigenvalue weighted by atomic mass is 9.81. The van der Waals surface area contributed by atoms with E-state index in [4.69, 9.17) is 9.47 Å². The molecule has 1 aliphatic heterocycles. The molecule has 30 heavy (non-hydrogen) atoms. The fraction of sp³-hybridized carbons (Fsp3) is 0.565. The molecule has 1 aromatic carbocycles. The van der Waals surface area contributed by atoms with Gasteiger partial charge in [0.25, 0.3) is 0 Å². The van der Waals surface area contributed by atoms with E-state index in [1.165, 1.54) is 7.11 Å². The van der Waals surface area contributed by atoms with Crippen LogP contribution in [-0.2, 0) is 19.1 Å². The molecule has 0 unspecified atom stereocenters. The van der Waals surface area contributed by atoms with Crippen LogP contribution in [0.15, 0.2) is 24.3 Å². The summed E-state index contributed by atoms with van der Waals surface area (Å²) in [5.74, 6) is -1.43. The largest absolute Gasteiger partial charge is 0.497 e. The van der Waals surface area contributed by atoms with Gasteiger partial charge in [-0.25, -0.2) is 4.79 Å². The Morgan fingerprint density at radius 2 is 1.73 bits per heavy atom. The number of fused-ring (bicyclic) bond motifs is 5. The van der Waals surface area contributed by atoms with E-state index in [2.05, 4.69) is 0 Å². The predicted molar refractivity (Wildman–Crippen MR) is 107 cm³/mol. The monoisotopic (exact) mass is 413 g/mol. The number of ether oxygens (including phenoxy) is 2. The molecular weight excluding hydrogens is 386 g/mol. The molecule has 0 aromatic heterocycles. The summed E-state index contributed by atoms with van der Waals surface area (Å²) in [7, 11) is 1.50. The molecule has 3 aliphatic rings. The van der Waals surface area contributed by atoms with Crippen LogP contribution in [0.1, 0.15) is 43.5 Å². The van der Waals surface area contributed by atoms with Gasteiger partial charge in [-0.15, -0.1) is 0 Å². The molecule has 0 N–H and O–H groups in total. The van der Waals surface area contributed by atoms with E-state index >= 15 is 0 Å². The van der Waals surface area contributed by atoms with Gasteiger partial charge in [-0.2, -0.15) is 0 Å². The number of hydrogen-bond acceptors (Lipinski definition) is 6. The van der Waals surface area contributed by atoms with Crippen molar-refractivity contribution in [2.24, 2.45) is 29.6 Å². The first kappa shape index (κ1) is 20.6. The van der Waals surface area contributed by atoms with Gasteiger partial charge in [-0.3, -0.25) is 19.3 Å². The number of likely N-dealkylation sites (tertiary alicyclic amines) is 1. The van der Waals surface area contributed by atoms with Crippen LogP contribution in [-0.4, -0.2) is 48.2 Å². The van der Waals surface area contributed by atoms with Crippen molar-refractivity contribution in [3.63, 3.8) is 0 Å². The van der Waals surface area contributed by atoms with Crippen molar-refractivity contribution in [3.05, 3.63) is 29.8 Å². The Labute approximate surface area is 175 Å². The maximum atomic E-state index is 13.1. The van der Waals surface area contributed by atoms with Crippen LogP contribution < -0.4 is 4.74 Å². The number of rotatable bonds is 7. The summed E-state index contributed by atoms with van der Waals surface area (Å²) in [6.07, 6.45) is 2.89. The zero-order chi connectivity index (χ0) is 21.6. The standard InChI is InChI=1S/C23H27NO6/c1-12(2)20(23(28)30-11-17(25)13-5-4-6-16(10-13)29-3)24-21(26)18-14-7-8-15(9-14)19(18)22(24)27/h4-6,10,12,14-15,18-20H,7-9,11H2,1-3H3/t14-,15-,18-,19+,20+/m0/s1. The predicted octanol–water partition coefficient (Wildman–Crippen LogP) is 2.48. The van der Waals surface area contributed by atoms with Gasteiger partial charge in [0.2, 0.25) is 11.8 Å². The third-order valence-electron chi connectivity index (χ3n) is 6.85. The Kier molecular flexibility index (Phi) is 5.38. The maximum absolute atomic E-state index is 13.1. The first-order valence-electron chi connectivity index (χ1n) is 10.5. The molecule has 0 spiro atoms. The highest BCUT2D eigenvalue weighted by atomic mass is 16.5. The molecular formula is C23H27NO6. The average molecular weight is 413 g/mol. The molecule has 7 heteroatoms. The van der Waals surface area contributed by atoms with Crippen LogP contribution in [0.25, 0.3) is 0 Å². The van der Waals surface area contributed by atoms with Gasteiger partial charge in [0.15, 0.2) is 12.4 Å². The van der Waals surface area contributed by atoms with E-state index in [9.17, 15) is 19.2 Å². The van der Waals surface area contributed by atoms with Gasteiger partial charge in [-0.05, 0) is 49.1 Å². The molecule has 2 saturated carbocycles. The number of hydrogen-bond donors (Lipinski definition) is 0. The number of Topliss-reactive ketones (excluding diaryl/α,β-unsaturated/α-hetero) is 1. The third kappa shape index (κ3) is 3.30. The van der Waals surface area contributed by atoms with Crippen molar-refractivity contribution in [2.75, 3.05) is 13.7 Å². The average Bonchev–Trinajstić information content (AvgIpc) is 3.42.